The standard InChI is InChI=1S/C18H26ClN3O3/c1-3-25-18(24)22-10-8-14(9-11-22)21-17(23)12-20-13(2)15-6-4-5-7-16(15)19/h4-7,13-14,20H,3,8-12H2,1-2H3,(H,21,23)/p+1/t13-/m0/s1. The van der Waals surface area contributed by atoms with E-state index in [0.717, 1.165) is 23.4 Å². The van der Waals surface area contributed by atoms with Crippen LogP contribution in [0.2, 0.25) is 5.02 Å². The quantitative estimate of drug-likeness (QED) is 0.802. The molecule has 1 aliphatic heterocycles. The lowest BCUT2D eigenvalue weighted by molar-refractivity contribution is -0.682. The van der Waals surface area contributed by atoms with Crippen molar-refractivity contribution in [1.82, 2.24) is 10.2 Å². The fourth-order valence-electron chi connectivity index (χ4n) is 2.96. The molecular weight excluding hydrogens is 342 g/mol. The van der Waals surface area contributed by atoms with Gasteiger partial charge in [0, 0.05) is 29.7 Å². The largest absolute Gasteiger partial charge is 0.450 e. The Kier molecular flexibility index (Phi) is 7.52. The first kappa shape index (κ1) is 19.5. The summed E-state index contributed by atoms with van der Waals surface area (Å²) in [6, 6.07) is 7.91. The van der Waals surface area contributed by atoms with E-state index in [1.807, 2.05) is 36.5 Å². The van der Waals surface area contributed by atoms with Crippen LogP contribution < -0.4 is 10.6 Å². The van der Waals surface area contributed by atoms with Crippen molar-refractivity contribution in [3.63, 3.8) is 0 Å². The summed E-state index contributed by atoms with van der Waals surface area (Å²) in [5.41, 5.74) is 1.03. The molecule has 1 heterocycles. The number of piperidine rings is 1. The molecule has 0 radical (unpaired) electrons. The number of rotatable bonds is 6. The summed E-state index contributed by atoms with van der Waals surface area (Å²) in [5.74, 6) is 0.00786. The summed E-state index contributed by atoms with van der Waals surface area (Å²) in [6.07, 6.45) is 1.24. The van der Waals surface area contributed by atoms with Crippen LogP contribution in [0.4, 0.5) is 4.79 Å². The van der Waals surface area contributed by atoms with Crippen molar-refractivity contribution in [3.05, 3.63) is 34.9 Å². The van der Waals surface area contributed by atoms with E-state index in [1.54, 1.807) is 11.8 Å². The molecule has 1 atom stereocenters. The maximum Gasteiger partial charge on any atom is 0.409 e. The molecule has 1 aliphatic rings. The van der Waals surface area contributed by atoms with Gasteiger partial charge in [-0.25, -0.2) is 4.79 Å². The molecule has 0 spiro atoms. The SMILES string of the molecule is CCOC(=O)N1CCC(NC(=O)C[NH2+][C@@H](C)c2ccccc2Cl)CC1. The molecule has 0 bridgehead atoms. The first-order valence-electron chi connectivity index (χ1n) is 8.80. The third-order valence-electron chi connectivity index (χ3n) is 4.44. The minimum absolute atomic E-state index is 0.00786. The predicted molar refractivity (Wildman–Crippen MR) is 96.4 cm³/mol. The van der Waals surface area contributed by atoms with Crippen molar-refractivity contribution in [1.29, 1.82) is 0 Å². The number of quaternary nitrogens is 1. The van der Waals surface area contributed by atoms with Gasteiger partial charge >= 0.3 is 6.09 Å². The Morgan fingerprint density at radius 1 is 1.36 bits per heavy atom. The van der Waals surface area contributed by atoms with Gasteiger partial charge in [-0.15, -0.1) is 0 Å². The topological polar surface area (TPSA) is 75.2 Å². The Balaban J connectivity index is 1.71. The van der Waals surface area contributed by atoms with E-state index < -0.39 is 0 Å². The van der Waals surface area contributed by atoms with E-state index in [-0.39, 0.29) is 24.1 Å². The molecule has 1 aromatic carbocycles. The van der Waals surface area contributed by atoms with Gasteiger partial charge in [0.15, 0.2) is 6.54 Å². The minimum Gasteiger partial charge on any atom is -0.450 e. The Bertz CT molecular complexity index is 589. The molecule has 2 rings (SSSR count). The van der Waals surface area contributed by atoms with E-state index in [4.69, 9.17) is 16.3 Å². The molecule has 0 aromatic heterocycles. The number of carbonyl (C=O) groups is 2. The average Bonchev–Trinajstić information content (AvgIpc) is 2.61. The highest BCUT2D eigenvalue weighted by Crippen LogP contribution is 2.19. The smallest absolute Gasteiger partial charge is 0.409 e. The minimum atomic E-state index is -0.269. The maximum atomic E-state index is 12.2. The molecule has 0 unspecified atom stereocenters. The van der Waals surface area contributed by atoms with E-state index in [1.165, 1.54) is 0 Å². The highest BCUT2D eigenvalue weighted by atomic mass is 35.5. The Hall–Kier alpha value is -1.79. The number of amides is 2. The Morgan fingerprint density at radius 3 is 2.68 bits per heavy atom. The predicted octanol–water partition coefficient (Wildman–Crippen LogP) is 1.70. The molecule has 0 saturated carbocycles. The number of nitrogens with two attached hydrogens (primary N) is 1. The molecule has 1 saturated heterocycles. The number of halogens is 1. The summed E-state index contributed by atoms with van der Waals surface area (Å²) in [6.45, 7) is 5.80. The zero-order valence-electron chi connectivity index (χ0n) is 14.8. The van der Waals surface area contributed by atoms with Crippen LogP contribution in [0.1, 0.15) is 38.3 Å². The number of likely N-dealkylation sites (tertiary alicyclic amines) is 1. The van der Waals surface area contributed by atoms with Gasteiger partial charge in [0.05, 0.1) is 6.61 Å². The maximum absolute atomic E-state index is 12.2. The van der Waals surface area contributed by atoms with Crippen molar-refractivity contribution in [3.8, 4) is 0 Å². The molecule has 0 aliphatic carbocycles. The second-order valence-corrected chi connectivity index (χ2v) is 6.68. The second-order valence-electron chi connectivity index (χ2n) is 6.28. The number of hydrogen-bond donors (Lipinski definition) is 2. The summed E-state index contributed by atoms with van der Waals surface area (Å²) in [7, 11) is 0. The summed E-state index contributed by atoms with van der Waals surface area (Å²) < 4.78 is 5.00. The molecule has 1 fully saturated rings. The van der Waals surface area contributed by atoms with Gasteiger partial charge in [-0.3, -0.25) is 4.79 Å². The van der Waals surface area contributed by atoms with Crippen molar-refractivity contribution >= 4 is 23.6 Å². The number of ether oxygens (including phenoxy) is 1. The highest BCUT2D eigenvalue weighted by Gasteiger charge is 2.25. The molecular formula is C18H27ClN3O3+. The van der Waals surface area contributed by atoms with Gasteiger partial charge < -0.3 is 20.3 Å². The van der Waals surface area contributed by atoms with Gasteiger partial charge in [-0.05, 0) is 32.8 Å². The normalized spacial score (nSPS) is 16.4. The summed E-state index contributed by atoms with van der Waals surface area (Å²) >= 11 is 6.19. The van der Waals surface area contributed by atoms with Gasteiger partial charge in [-0.2, -0.15) is 0 Å². The molecule has 6 nitrogen and oxygen atoms in total. The summed E-state index contributed by atoms with van der Waals surface area (Å²) in [4.78, 5) is 25.5. The summed E-state index contributed by atoms with van der Waals surface area (Å²) in [5, 5.41) is 5.75. The number of hydrogen-bond acceptors (Lipinski definition) is 3. The second kappa shape index (κ2) is 9.63. The molecule has 3 N–H and O–H groups in total. The fraction of sp³-hybridized carbons (Fsp3) is 0.556. The van der Waals surface area contributed by atoms with Crippen molar-refractivity contribution in [2.45, 2.75) is 38.8 Å². The Morgan fingerprint density at radius 2 is 2.04 bits per heavy atom. The lowest BCUT2D eigenvalue weighted by Crippen LogP contribution is -2.87. The molecule has 1 aromatic rings. The van der Waals surface area contributed by atoms with Crippen molar-refractivity contribution < 1.29 is 19.6 Å². The molecule has 7 heteroatoms. The Labute approximate surface area is 153 Å². The number of carbonyl (C=O) groups excluding carboxylic acids is 2. The van der Waals surface area contributed by atoms with Crippen molar-refractivity contribution in [2.75, 3.05) is 26.2 Å². The zero-order chi connectivity index (χ0) is 18.2. The fourth-order valence-corrected chi connectivity index (χ4v) is 3.27. The third kappa shape index (κ3) is 5.90. The number of nitrogens with zero attached hydrogens (tertiary/aromatic N) is 1. The van der Waals surface area contributed by atoms with E-state index in [2.05, 4.69) is 5.32 Å². The van der Waals surface area contributed by atoms with Crippen LogP contribution in [0.15, 0.2) is 24.3 Å². The van der Waals surface area contributed by atoms with Gasteiger partial charge in [0.1, 0.15) is 6.04 Å². The lowest BCUT2D eigenvalue weighted by Gasteiger charge is -2.31. The van der Waals surface area contributed by atoms with E-state index in [9.17, 15) is 9.59 Å². The van der Waals surface area contributed by atoms with Gasteiger partial charge in [-0.1, -0.05) is 29.8 Å². The highest BCUT2D eigenvalue weighted by molar-refractivity contribution is 6.31. The first-order valence-corrected chi connectivity index (χ1v) is 9.17. The number of benzene rings is 1. The molecule has 25 heavy (non-hydrogen) atoms. The van der Waals surface area contributed by atoms with Gasteiger partial charge in [0.25, 0.3) is 5.91 Å². The van der Waals surface area contributed by atoms with Crippen LogP contribution in [0, 0.1) is 0 Å². The van der Waals surface area contributed by atoms with Crippen LogP contribution in [-0.4, -0.2) is 49.2 Å². The third-order valence-corrected chi connectivity index (χ3v) is 4.78. The molecule has 2 amide bonds. The average molecular weight is 369 g/mol. The molecule has 138 valence electrons. The van der Waals surface area contributed by atoms with Crippen molar-refractivity contribution in [2.24, 2.45) is 0 Å². The lowest BCUT2D eigenvalue weighted by atomic mass is 10.1. The van der Waals surface area contributed by atoms with Crippen LogP contribution in [0.5, 0.6) is 0 Å². The van der Waals surface area contributed by atoms with Crippen LogP contribution >= 0.6 is 11.6 Å². The van der Waals surface area contributed by atoms with E-state index in [0.29, 0.717) is 26.2 Å². The van der Waals surface area contributed by atoms with Crippen LogP contribution in [0.25, 0.3) is 0 Å². The zero-order valence-corrected chi connectivity index (χ0v) is 15.6. The number of nitrogens with one attached hydrogen (secondary N) is 1. The first-order chi connectivity index (χ1) is 12.0. The van der Waals surface area contributed by atoms with Gasteiger partial charge in [0.2, 0.25) is 0 Å². The van der Waals surface area contributed by atoms with E-state index >= 15 is 0 Å². The monoisotopic (exact) mass is 368 g/mol. The van der Waals surface area contributed by atoms with Crippen LogP contribution in [0.3, 0.4) is 0 Å². The van der Waals surface area contributed by atoms with Crippen LogP contribution in [-0.2, 0) is 9.53 Å².